The zero-order chi connectivity index (χ0) is 9.15. The van der Waals surface area contributed by atoms with Crippen LogP contribution in [0.1, 0.15) is 5.56 Å². The molecular weight excluding hydrogens is 158 g/mol. The van der Waals surface area contributed by atoms with Crippen LogP contribution in [0.4, 0.5) is 0 Å². The molecule has 1 heterocycles. The fourth-order valence-electron chi connectivity index (χ4n) is 1.89. The van der Waals surface area contributed by atoms with Gasteiger partial charge in [0, 0.05) is 5.56 Å². The molecule has 0 fully saturated rings. The van der Waals surface area contributed by atoms with Gasteiger partial charge in [-0.05, 0) is 12.2 Å². The van der Waals surface area contributed by atoms with Crippen molar-refractivity contribution in [3.05, 3.63) is 48.0 Å². The van der Waals surface area contributed by atoms with Gasteiger partial charge in [-0.1, -0.05) is 30.3 Å². The molecule has 13 heavy (non-hydrogen) atoms. The summed E-state index contributed by atoms with van der Waals surface area (Å²) in [6.45, 7) is 3.50. The Morgan fingerprint density at radius 2 is 1.69 bits per heavy atom. The van der Waals surface area contributed by atoms with E-state index in [0.29, 0.717) is 0 Å². The molecule has 1 aromatic rings. The van der Waals surface area contributed by atoms with Crippen LogP contribution in [0.15, 0.2) is 42.5 Å². The first-order chi connectivity index (χ1) is 6.29. The SMILES string of the molecule is C[N+]1(Cc2ccccc2)CC=CC1. The summed E-state index contributed by atoms with van der Waals surface area (Å²) in [6, 6.07) is 10.7. The van der Waals surface area contributed by atoms with E-state index in [1.54, 1.807) is 0 Å². The number of hydrogen-bond donors (Lipinski definition) is 0. The van der Waals surface area contributed by atoms with Gasteiger partial charge in [-0.15, -0.1) is 0 Å². The van der Waals surface area contributed by atoms with Crippen LogP contribution >= 0.6 is 0 Å². The Labute approximate surface area is 79.9 Å². The highest BCUT2D eigenvalue weighted by Gasteiger charge is 2.22. The highest BCUT2D eigenvalue weighted by atomic mass is 15.3. The number of rotatable bonds is 2. The Balaban J connectivity index is 2.06. The summed E-state index contributed by atoms with van der Waals surface area (Å²) in [5.74, 6) is 0. The molecule has 0 radical (unpaired) electrons. The number of quaternary nitrogens is 1. The maximum absolute atomic E-state index is 2.31. The molecule has 1 heteroatoms. The van der Waals surface area contributed by atoms with E-state index in [4.69, 9.17) is 0 Å². The molecular formula is C12H16N+. The van der Waals surface area contributed by atoms with E-state index >= 15 is 0 Å². The summed E-state index contributed by atoms with van der Waals surface area (Å²) in [4.78, 5) is 0. The smallest absolute Gasteiger partial charge is 0.105 e. The van der Waals surface area contributed by atoms with Crippen molar-refractivity contribution in [2.24, 2.45) is 0 Å². The van der Waals surface area contributed by atoms with Crippen molar-refractivity contribution in [2.45, 2.75) is 6.54 Å². The van der Waals surface area contributed by atoms with Gasteiger partial charge in [-0.3, -0.25) is 0 Å². The predicted octanol–water partition coefficient (Wildman–Crippen LogP) is 2.20. The first-order valence-electron chi connectivity index (χ1n) is 4.81. The summed E-state index contributed by atoms with van der Waals surface area (Å²) in [6.07, 6.45) is 4.56. The quantitative estimate of drug-likeness (QED) is 0.476. The van der Waals surface area contributed by atoms with Crippen LogP contribution in [0.2, 0.25) is 0 Å². The van der Waals surface area contributed by atoms with Gasteiger partial charge in [-0.25, -0.2) is 0 Å². The van der Waals surface area contributed by atoms with Crippen LogP contribution in [-0.2, 0) is 6.54 Å². The van der Waals surface area contributed by atoms with E-state index in [1.807, 2.05) is 0 Å². The maximum Gasteiger partial charge on any atom is 0.105 e. The molecule has 68 valence electrons. The minimum absolute atomic E-state index is 1.13. The lowest BCUT2D eigenvalue weighted by atomic mass is 10.2. The second-order valence-electron chi connectivity index (χ2n) is 4.10. The second-order valence-corrected chi connectivity index (χ2v) is 4.10. The van der Waals surface area contributed by atoms with Crippen molar-refractivity contribution in [1.82, 2.24) is 0 Å². The summed E-state index contributed by atoms with van der Waals surface area (Å²) >= 11 is 0. The standard InChI is InChI=1S/C12H16N/c1-13(9-5-6-10-13)11-12-7-3-2-4-8-12/h2-8H,9-11H2,1H3/q+1. The molecule has 1 aliphatic rings. The third-order valence-corrected chi connectivity index (χ3v) is 2.67. The van der Waals surface area contributed by atoms with Crippen molar-refractivity contribution in [3.63, 3.8) is 0 Å². The maximum atomic E-state index is 2.31. The number of likely N-dealkylation sites (N-methyl/N-ethyl adjacent to an activating group) is 1. The Bertz CT molecular complexity index is 292. The summed E-state index contributed by atoms with van der Waals surface area (Å²) in [5, 5.41) is 0. The normalized spacial score (nSPS) is 19.2. The average Bonchev–Trinajstić information content (AvgIpc) is 2.54. The molecule has 0 bridgehead atoms. The highest BCUT2D eigenvalue weighted by molar-refractivity contribution is 5.13. The highest BCUT2D eigenvalue weighted by Crippen LogP contribution is 2.15. The number of benzene rings is 1. The fraction of sp³-hybridized carbons (Fsp3) is 0.333. The topological polar surface area (TPSA) is 0 Å². The summed E-state index contributed by atoms with van der Waals surface area (Å²) in [5.41, 5.74) is 1.44. The van der Waals surface area contributed by atoms with Gasteiger partial charge in [-0.2, -0.15) is 0 Å². The Kier molecular flexibility index (Phi) is 2.19. The predicted molar refractivity (Wildman–Crippen MR) is 55.2 cm³/mol. The van der Waals surface area contributed by atoms with Gasteiger partial charge in [0.1, 0.15) is 6.54 Å². The van der Waals surface area contributed by atoms with Gasteiger partial charge < -0.3 is 4.48 Å². The van der Waals surface area contributed by atoms with Crippen molar-refractivity contribution in [3.8, 4) is 0 Å². The number of nitrogens with zero attached hydrogens (tertiary/aromatic N) is 1. The summed E-state index contributed by atoms with van der Waals surface area (Å²) in [7, 11) is 2.31. The minimum atomic E-state index is 1.13. The van der Waals surface area contributed by atoms with Gasteiger partial charge >= 0.3 is 0 Å². The largest absolute Gasteiger partial charge is 0.316 e. The zero-order valence-corrected chi connectivity index (χ0v) is 8.11. The Morgan fingerprint density at radius 1 is 1.08 bits per heavy atom. The molecule has 0 aromatic heterocycles. The zero-order valence-electron chi connectivity index (χ0n) is 8.11. The molecule has 0 saturated carbocycles. The summed E-state index contributed by atoms with van der Waals surface area (Å²) < 4.78 is 1.13. The van der Waals surface area contributed by atoms with Crippen LogP contribution in [0.3, 0.4) is 0 Å². The molecule has 0 unspecified atom stereocenters. The van der Waals surface area contributed by atoms with Crippen LogP contribution < -0.4 is 0 Å². The average molecular weight is 174 g/mol. The van der Waals surface area contributed by atoms with E-state index in [0.717, 1.165) is 11.0 Å². The minimum Gasteiger partial charge on any atom is -0.316 e. The first kappa shape index (κ1) is 8.52. The fourth-order valence-corrected chi connectivity index (χ4v) is 1.89. The Morgan fingerprint density at radius 3 is 2.31 bits per heavy atom. The molecule has 0 N–H and O–H groups in total. The van der Waals surface area contributed by atoms with E-state index in [2.05, 4.69) is 49.5 Å². The van der Waals surface area contributed by atoms with Crippen molar-refractivity contribution < 1.29 is 4.48 Å². The van der Waals surface area contributed by atoms with Crippen molar-refractivity contribution >= 4 is 0 Å². The second kappa shape index (κ2) is 3.35. The van der Waals surface area contributed by atoms with Crippen molar-refractivity contribution in [2.75, 3.05) is 20.1 Å². The molecule has 0 aliphatic carbocycles. The molecule has 0 spiro atoms. The molecule has 1 nitrogen and oxygen atoms in total. The monoisotopic (exact) mass is 174 g/mol. The van der Waals surface area contributed by atoms with Crippen LogP contribution in [0, 0.1) is 0 Å². The molecule has 0 atom stereocenters. The van der Waals surface area contributed by atoms with E-state index in [-0.39, 0.29) is 0 Å². The third kappa shape index (κ3) is 1.99. The van der Waals surface area contributed by atoms with Gasteiger partial charge in [0.15, 0.2) is 0 Å². The van der Waals surface area contributed by atoms with Gasteiger partial charge in [0.05, 0.1) is 20.1 Å². The van der Waals surface area contributed by atoms with Gasteiger partial charge in [0.25, 0.3) is 0 Å². The van der Waals surface area contributed by atoms with E-state index in [1.165, 1.54) is 18.7 Å². The molecule has 0 amide bonds. The third-order valence-electron chi connectivity index (χ3n) is 2.67. The molecule has 0 saturated heterocycles. The van der Waals surface area contributed by atoms with Crippen LogP contribution in [0.5, 0.6) is 0 Å². The van der Waals surface area contributed by atoms with Crippen LogP contribution in [0.25, 0.3) is 0 Å². The molecule has 2 rings (SSSR count). The van der Waals surface area contributed by atoms with E-state index in [9.17, 15) is 0 Å². The van der Waals surface area contributed by atoms with Crippen LogP contribution in [-0.4, -0.2) is 24.6 Å². The Hall–Kier alpha value is -1.08. The van der Waals surface area contributed by atoms with E-state index < -0.39 is 0 Å². The lowest BCUT2D eigenvalue weighted by Gasteiger charge is -2.29. The lowest BCUT2D eigenvalue weighted by molar-refractivity contribution is -0.907. The van der Waals surface area contributed by atoms with Crippen molar-refractivity contribution in [1.29, 1.82) is 0 Å². The number of hydrogen-bond acceptors (Lipinski definition) is 0. The van der Waals surface area contributed by atoms with Gasteiger partial charge in [0.2, 0.25) is 0 Å². The molecule has 1 aliphatic heterocycles. The lowest BCUT2D eigenvalue weighted by Crippen LogP contribution is -2.40. The first-order valence-corrected chi connectivity index (χ1v) is 4.81. The molecule has 1 aromatic carbocycles.